The number of β-amino-alcohol motifs (C(OH)–C–C–N with tert-alkyl or cyclic N) is 1. The number of nitrogens with zero attached hydrogens (tertiary/aromatic N) is 5. The van der Waals surface area contributed by atoms with E-state index >= 15 is 0 Å². The molecule has 4 rings (SSSR count). The number of hydrogen-bond donors (Lipinski definition) is 2. The number of aliphatic imine (C=N–C) groups is 1. The van der Waals surface area contributed by atoms with E-state index in [4.69, 9.17) is 10.1 Å². The SMILES string of the molecule is Cc1cc(=O)n2c(n1)NC(N1CCN(CCO)CC1)=N[C@H]2c1ccccc1. The van der Waals surface area contributed by atoms with E-state index in [0.29, 0.717) is 18.2 Å². The summed E-state index contributed by atoms with van der Waals surface area (Å²) in [6.07, 6.45) is -0.437. The van der Waals surface area contributed by atoms with Gasteiger partial charge in [-0.3, -0.25) is 19.6 Å². The third-order valence-corrected chi connectivity index (χ3v) is 4.98. The fraction of sp³-hybridized carbons (Fsp3) is 0.421. The molecule has 0 bridgehead atoms. The van der Waals surface area contributed by atoms with Crippen LogP contribution in [-0.2, 0) is 0 Å². The van der Waals surface area contributed by atoms with Crippen molar-refractivity contribution in [3.05, 3.63) is 58.0 Å². The first-order valence-electron chi connectivity index (χ1n) is 9.24. The summed E-state index contributed by atoms with van der Waals surface area (Å²) in [5, 5.41) is 12.4. The minimum absolute atomic E-state index is 0.116. The third kappa shape index (κ3) is 3.58. The Morgan fingerprint density at radius 2 is 1.93 bits per heavy atom. The van der Waals surface area contributed by atoms with Gasteiger partial charge >= 0.3 is 0 Å². The van der Waals surface area contributed by atoms with E-state index in [1.165, 1.54) is 6.07 Å². The number of hydrogen-bond acceptors (Lipinski definition) is 7. The molecular formula is C19H24N6O2. The van der Waals surface area contributed by atoms with Crippen molar-refractivity contribution in [2.75, 3.05) is 44.6 Å². The lowest BCUT2D eigenvalue weighted by Crippen LogP contribution is -2.52. The number of benzene rings is 1. The van der Waals surface area contributed by atoms with Gasteiger partial charge in [0.05, 0.1) is 6.61 Å². The monoisotopic (exact) mass is 368 g/mol. The number of rotatable bonds is 3. The molecule has 2 aliphatic rings. The number of aryl methyl sites for hydroxylation is 1. The second-order valence-electron chi connectivity index (χ2n) is 6.84. The van der Waals surface area contributed by atoms with E-state index in [1.54, 1.807) is 4.57 Å². The normalized spacial score (nSPS) is 20.0. The van der Waals surface area contributed by atoms with Gasteiger partial charge in [-0.25, -0.2) is 9.98 Å². The van der Waals surface area contributed by atoms with Gasteiger partial charge in [0.2, 0.25) is 11.9 Å². The molecular weight excluding hydrogens is 344 g/mol. The van der Waals surface area contributed by atoms with Gasteiger partial charge < -0.3 is 10.0 Å². The van der Waals surface area contributed by atoms with Gasteiger partial charge in [0.15, 0.2) is 6.17 Å². The predicted molar refractivity (Wildman–Crippen MR) is 104 cm³/mol. The van der Waals surface area contributed by atoms with Crippen LogP contribution in [0, 0.1) is 6.92 Å². The van der Waals surface area contributed by atoms with E-state index in [0.717, 1.165) is 37.7 Å². The summed E-state index contributed by atoms with van der Waals surface area (Å²) in [6, 6.07) is 11.3. The molecule has 0 radical (unpaired) electrons. The Labute approximate surface area is 157 Å². The predicted octanol–water partition coefficient (Wildman–Crippen LogP) is 0.490. The first-order valence-corrected chi connectivity index (χ1v) is 9.24. The zero-order chi connectivity index (χ0) is 18.8. The Bertz CT molecular complexity index is 887. The van der Waals surface area contributed by atoms with Gasteiger partial charge in [0, 0.05) is 44.5 Å². The lowest BCUT2D eigenvalue weighted by Gasteiger charge is -2.38. The summed E-state index contributed by atoms with van der Waals surface area (Å²) < 4.78 is 1.61. The molecule has 2 N–H and O–H groups in total. The van der Waals surface area contributed by atoms with Crippen LogP contribution >= 0.6 is 0 Å². The molecule has 3 heterocycles. The van der Waals surface area contributed by atoms with E-state index in [1.807, 2.05) is 37.3 Å². The Morgan fingerprint density at radius 1 is 1.19 bits per heavy atom. The quantitative estimate of drug-likeness (QED) is 0.820. The molecule has 1 fully saturated rings. The van der Waals surface area contributed by atoms with Crippen LogP contribution in [-0.4, -0.2) is 69.7 Å². The molecule has 1 atom stereocenters. The maximum Gasteiger partial charge on any atom is 0.257 e. The number of aliphatic hydroxyl groups excluding tert-OH is 1. The van der Waals surface area contributed by atoms with Crippen molar-refractivity contribution >= 4 is 11.9 Å². The molecule has 1 aromatic carbocycles. The van der Waals surface area contributed by atoms with Crippen LogP contribution in [0.3, 0.4) is 0 Å². The minimum atomic E-state index is -0.437. The molecule has 0 amide bonds. The number of piperazine rings is 1. The summed E-state index contributed by atoms with van der Waals surface area (Å²) >= 11 is 0. The van der Waals surface area contributed by atoms with E-state index in [-0.39, 0.29) is 12.2 Å². The number of nitrogens with one attached hydrogen (secondary N) is 1. The summed E-state index contributed by atoms with van der Waals surface area (Å²) in [6.45, 7) is 6.04. The largest absolute Gasteiger partial charge is 0.395 e. The highest BCUT2D eigenvalue weighted by atomic mass is 16.3. The lowest BCUT2D eigenvalue weighted by molar-refractivity contribution is 0.146. The van der Waals surface area contributed by atoms with Crippen molar-refractivity contribution < 1.29 is 5.11 Å². The fourth-order valence-corrected chi connectivity index (χ4v) is 3.57. The van der Waals surface area contributed by atoms with Gasteiger partial charge in [-0.05, 0) is 12.5 Å². The average Bonchev–Trinajstić information content (AvgIpc) is 2.68. The topological polar surface area (TPSA) is 86.0 Å². The second-order valence-corrected chi connectivity index (χ2v) is 6.84. The smallest absolute Gasteiger partial charge is 0.257 e. The molecule has 8 heteroatoms. The van der Waals surface area contributed by atoms with Gasteiger partial charge in [-0.1, -0.05) is 30.3 Å². The Balaban J connectivity index is 1.68. The van der Waals surface area contributed by atoms with Crippen LogP contribution in [0.4, 0.5) is 5.95 Å². The van der Waals surface area contributed by atoms with Crippen molar-refractivity contribution in [1.29, 1.82) is 0 Å². The van der Waals surface area contributed by atoms with Gasteiger partial charge in [-0.2, -0.15) is 0 Å². The first-order chi connectivity index (χ1) is 13.2. The molecule has 142 valence electrons. The van der Waals surface area contributed by atoms with Crippen molar-refractivity contribution in [1.82, 2.24) is 19.4 Å². The van der Waals surface area contributed by atoms with E-state index in [9.17, 15) is 4.79 Å². The molecule has 2 aromatic rings. The summed E-state index contributed by atoms with van der Waals surface area (Å²) in [7, 11) is 0. The van der Waals surface area contributed by atoms with Crippen LogP contribution in [0.5, 0.6) is 0 Å². The minimum Gasteiger partial charge on any atom is -0.395 e. The third-order valence-electron chi connectivity index (χ3n) is 4.98. The zero-order valence-corrected chi connectivity index (χ0v) is 15.4. The first kappa shape index (κ1) is 17.7. The van der Waals surface area contributed by atoms with Crippen LogP contribution in [0.15, 0.2) is 46.2 Å². The van der Waals surface area contributed by atoms with Crippen molar-refractivity contribution in [2.24, 2.45) is 4.99 Å². The number of guanidine groups is 1. The number of aliphatic hydroxyl groups is 1. The molecule has 2 aliphatic heterocycles. The highest BCUT2D eigenvalue weighted by Crippen LogP contribution is 2.26. The number of aromatic nitrogens is 2. The fourth-order valence-electron chi connectivity index (χ4n) is 3.57. The second kappa shape index (κ2) is 7.50. The molecule has 0 spiro atoms. The summed E-state index contributed by atoms with van der Waals surface area (Å²) in [5.74, 6) is 1.27. The van der Waals surface area contributed by atoms with Gasteiger partial charge in [0.25, 0.3) is 5.56 Å². The van der Waals surface area contributed by atoms with E-state index in [2.05, 4.69) is 20.1 Å². The number of fused-ring (bicyclic) bond motifs is 1. The highest BCUT2D eigenvalue weighted by molar-refractivity contribution is 5.93. The molecule has 0 unspecified atom stereocenters. The van der Waals surface area contributed by atoms with Crippen LogP contribution in [0.2, 0.25) is 0 Å². The Kier molecular flexibility index (Phi) is 4.91. The maximum absolute atomic E-state index is 12.6. The summed E-state index contributed by atoms with van der Waals surface area (Å²) in [5.41, 5.74) is 1.51. The number of anilines is 1. The Hall–Kier alpha value is -2.71. The molecule has 0 aliphatic carbocycles. The highest BCUT2D eigenvalue weighted by Gasteiger charge is 2.28. The molecule has 8 nitrogen and oxygen atoms in total. The standard InChI is InChI=1S/C19H24N6O2/c1-14-13-16(27)25-17(15-5-3-2-4-6-15)21-18(22-19(25)20-14)24-9-7-23(8-10-24)11-12-26/h2-6,13,17,26H,7-12H2,1H3,(H,20,21,22)/t17-/m1/s1. The molecule has 1 saturated heterocycles. The van der Waals surface area contributed by atoms with Crippen LogP contribution in [0.25, 0.3) is 0 Å². The van der Waals surface area contributed by atoms with Crippen LogP contribution < -0.4 is 10.9 Å². The average molecular weight is 368 g/mol. The van der Waals surface area contributed by atoms with Gasteiger partial charge in [-0.15, -0.1) is 0 Å². The zero-order valence-electron chi connectivity index (χ0n) is 15.4. The van der Waals surface area contributed by atoms with Crippen molar-refractivity contribution in [3.63, 3.8) is 0 Å². The molecule has 27 heavy (non-hydrogen) atoms. The van der Waals surface area contributed by atoms with Crippen molar-refractivity contribution in [3.8, 4) is 0 Å². The van der Waals surface area contributed by atoms with Crippen molar-refractivity contribution in [2.45, 2.75) is 13.1 Å². The maximum atomic E-state index is 12.6. The molecule has 1 aromatic heterocycles. The van der Waals surface area contributed by atoms with E-state index < -0.39 is 6.17 Å². The summed E-state index contributed by atoms with van der Waals surface area (Å²) in [4.78, 5) is 26.5. The molecule has 0 saturated carbocycles. The van der Waals surface area contributed by atoms with Crippen LogP contribution in [0.1, 0.15) is 17.4 Å². The van der Waals surface area contributed by atoms with Gasteiger partial charge in [0.1, 0.15) is 0 Å². The Morgan fingerprint density at radius 3 is 2.63 bits per heavy atom. The lowest BCUT2D eigenvalue weighted by atomic mass is 10.1.